The second-order valence-corrected chi connectivity index (χ2v) is 8.49. The van der Waals surface area contributed by atoms with Crippen molar-refractivity contribution in [3.8, 4) is 0 Å². The fourth-order valence-electron chi connectivity index (χ4n) is 4.58. The van der Waals surface area contributed by atoms with E-state index in [1.54, 1.807) is 11.8 Å². The molecule has 0 radical (unpaired) electrons. The highest BCUT2D eigenvalue weighted by Gasteiger charge is 2.49. The number of carbonyl (C=O) groups is 1. The molecule has 4 rings (SSSR count). The molecule has 2 aromatic carbocycles. The number of thioether (sulfide) groups is 1. The van der Waals surface area contributed by atoms with Crippen molar-refractivity contribution in [1.29, 1.82) is 0 Å². The van der Waals surface area contributed by atoms with Gasteiger partial charge in [0.05, 0.1) is 24.7 Å². The van der Waals surface area contributed by atoms with E-state index < -0.39 is 5.41 Å². The molecule has 0 amide bonds. The minimum Gasteiger partial charge on any atom is -0.379 e. The summed E-state index contributed by atoms with van der Waals surface area (Å²) in [4.78, 5) is 17.8. The molecule has 2 unspecified atom stereocenters. The Bertz CT molecular complexity index is 914. The minimum atomic E-state index is -0.755. The summed E-state index contributed by atoms with van der Waals surface area (Å²) in [6.07, 6.45) is 8.38. The molecule has 0 saturated carbocycles. The zero-order valence-corrected chi connectivity index (χ0v) is 17.8. The molecule has 0 bridgehead atoms. The molecule has 2 aromatic rings. The summed E-state index contributed by atoms with van der Waals surface area (Å²) < 4.78 is 5.61. The maximum Gasteiger partial charge on any atom is 0.179 e. The highest BCUT2D eigenvalue weighted by molar-refractivity contribution is 7.98. The molecule has 3 nitrogen and oxygen atoms in total. The van der Waals surface area contributed by atoms with Crippen LogP contribution in [0.15, 0.2) is 83.3 Å². The molecule has 0 N–H and O–H groups in total. The van der Waals surface area contributed by atoms with E-state index in [1.165, 1.54) is 10.5 Å². The minimum absolute atomic E-state index is 0.0239. The maximum atomic E-state index is 14.1. The van der Waals surface area contributed by atoms with Crippen LogP contribution in [0.2, 0.25) is 0 Å². The van der Waals surface area contributed by atoms with Gasteiger partial charge in [0.25, 0.3) is 0 Å². The van der Waals surface area contributed by atoms with Crippen molar-refractivity contribution in [3.05, 3.63) is 89.5 Å². The Morgan fingerprint density at radius 2 is 1.76 bits per heavy atom. The Hall–Kier alpha value is -2.14. The number of hydrogen-bond acceptors (Lipinski definition) is 4. The van der Waals surface area contributed by atoms with Crippen LogP contribution in [0.3, 0.4) is 0 Å². The first-order valence-electron chi connectivity index (χ1n) is 10.1. The molecule has 4 heteroatoms. The topological polar surface area (TPSA) is 29.5 Å². The van der Waals surface area contributed by atoms with Gasteiger partial charge in [-0.05, 0) is 30.9 Å². The van der Waals surface area contributed by atoms with Crippen LogP contribution in [-0.2, 0) is 10.2 Å². The van der Waals surface area contributed by atoms with Crippen molar-refractivity contribution < 1.29 is 9.53 Å². The monoisotopic (exact) mass is 405 g/mol. The molecule has 1 heterocycles. The molecule has 1 saturated heterocycles. The van der Waals surface area contributed by atoms with E-state index >= 15 is 0 Å². The number of hydrogen-bond donors (Lipinski definition) is 0. The first-order valence-corrected chi connectivity index (χ1v) is 11.3. The lowest BCUT2D eigenvalue weighted by atomic mass is 9.64. The lowest BCUT2D eigenvalue weighted by Crippen LogP contribution is -2.58. The number of benzene rings is 2. The average Bonchev–Trinajstić information content (AvgIpc) is 2.79. The zero-order valence-electron chi connectivity index (χ0n) is 17.0. The summed E-state index contributed by atoms with van der Waals surface area (Å²) in [5.41, 5.74) is 2.25. The van der Waals surface area contributed by atoms with E-state index in [4.69, 9.17) is 4.74 Å². The van der Waals surface area contributed by atoms with Gasteiger partial charge in [0.15, 0.2) is 5.78 Å². The van der Waals surface area contributed by atoms with E-state index in [1.807, 2.05) is 30.3 Å². The van der Waals surface area contributed by atoms with Gasteiger partial charge in [0.1, 0.15) is 0 Å². The zero-order chi connectivity index (χ0) is 20.3. The second kappa shape index (κ2) is 8.70. The van der Waals surface area contributed by atoms with Gasteiger partial charge in [-0.25, -0.2) is 0 Å². The lowest BCUT2D eigenvalue weighted by molar-refractivity contribution is 0.0114. The number of ketones is 1. The van der Waals surface area contributed by atoms with Crippen LogP contribution in [0, 0.1) is 0 Å². The van der Waals surface area contributed by atoms with E-state index in [0.29, 0.717) is 13.2 Å². The average molecular weight is 406 g/mol. The van der Waals surface area contributed by atoms with Gasteiger partial charge < -0.3 is 4.74 Å². The number of ether oxygens (including phenoxy) is 1. The molecule has 1 fully saturated rings. The van der Waals surface area contributed by atoms with Crippen molar-refractivity contribution in [3.63, 3.8) is 0 Å². The summed E-state index contributed by atoms with van der Waals surface area (Å²) in [6.45, 7) is 5.21. The van der Waals surface area contributed by atoms with Crippen molar-refractivity contribution in [1.82, 2.24) is 4.90 Å². The molecule has 0 spiro atoms. The molecule has 2 atom stereocenters. The van der Waals surface area contributed by atoms with Crippen molar-refractivity contribution in [2.75, 3.05) is 32.6 Å². The standard InChI is InChI=1S/C25H27NO2S/c1-19-7-6-14-25(21-10-12-22(29-2)13-11-21,23(19)26-15-17-28-18-16-26)24(27)20-8-4-3-5-9-20/h3-14,23H,15-18H2,1-2H3. The summed E-state index contributed by atoms with van der Waals surface area (Å²) in [7, 11) is 0. The van der Waals surface area contributed by atoms with Crippen LogP contribution >= 0.6 is 11.8 Å². The molecule has 29 heavy (non-hydrogen) atoms. The number of Topliss-reactive ketones (excluding diaryl/α,β-unsaturated/α-hetero) is 1. The Morgan fingerprint density at radius 1 is 1.07 bits per heavy atom. The highest BCUT2D eigenvalue weighted by Crippen LogP contribution is 2.42. The summed E-state index contributed by atoms with van der Waals surface area (Å²) in [6, 6.07) is 18.2. The van der Waals surface area contributed by atoms with Crippen LogP contribution in [-0.4, -0.2) is 49.3 Å². The van der Waals surface area contributed by atoms with Gasteiger partial charge in [0, 0.05) is 23.5 Å². The Morgan fingerprint density at radius 3 is 2.41 bits per heavy atom. The van der Waals surface area contributed by atoms with Gasteiger partial charge in [-0.1, -0.05) is 66.3 Å². The smallest absolute Gasteiger partial charge is 0.179 e. The quantitative estimate of drug-likeness (QED) is 0.531. The third-order valence-corrected chi connectivity index (χ3v) is 6.71. The SMILES string of the molecule is CSc1ccc(C2(C(=O)c3ccccc3)C=CC=C(C)C2N2CCOCC2)cc1. The van der Waals surface area contributed by atoms with Crippen molar-refractivity contribution in [2.24, 2.45) is 0 Å². The van der Waals surface area contributed by atoms with Crippen molar-refractivity contribution >= 4 is 17.5 Å². The van der Waals surface area contributed by atoms with E-state index in [0.717, 1.165) is 24.2 Å². The maximum absolute atomic E-state index is 14.1. The number of rotatable bonds is 5. The van der Waals surface area contributed by atoms with Gasteiger partial charge in [-0.2, -0.15) is 0 Å². The fraction of sp³-hybridized carbons (Fsp3) is 0.320. The third kappa shape index (κ3) is 3.73. The van der Waals surface area contributed by atoms with Crippen LogP contribution < -0.4 is 0 Å². The molecule has 2 aliphatic rings. The van der Waals surface area contributed by atoms with Gasteiger partial charge in [0.2, 0.25) is 0 Å². The Labute approximate surface area is 177 Å². The molecule has 150 valence electrons. The molecular weight excluding hydrogens is 378 g/mol. The largest absolute Gasteiger partial charge is 0.379 e. The summed E-state index contributed by atoms with van der Waals surface area (Å²) in [5, 5.41) is 0. The number of carbonyl (C=O) groups excluding carboxylic acids is 1. The predicted molar refractivity (Wildman–Crippen MR) is 120 cm³/mol. The fourth-order valence-corrected chi connectivity index (χ4v) is 4.99. The third-order valence-electron chi connectivity index (χ3n) is 5.97. The molecule has 1 aliphatic carbocycles. The highest BCUT2D eigenvalue weighted by atomic mass is 32.2. The summed E-state index contributed by atoms with van der Waals surface area (Å²) >= 11 is 1.72. The van der Waals surface area contributed by atoms with E-state index in [9.17, 15) is 4.79 Å². The number of allylic oxidation sites excluding steroid dienone is 2. The second-order valence-electron chi connectivity index (χ2n) is 7.61. The normalized spacial score (nSPS) is 24.9. The number of morpholine rings is 1. The van der Waals surface area contributed by atoms with Gasteiger partial charge in [-0.15, -0.1) is 11.8 Å². The predicted octanol–water partition coefficient (Wildman–Crippen LogP) is 4.75. The van der Waals surface area contributed by atoms with Crippen molar-refractivity contribution in [2.45, 2.75) is 23.3 Å². The number of nitrogens with zero attached hydrogens (tertiary/aromatic N) is 1. The summed E-state index contributed by atoms with van der Waals surface area (Å²) in [5.74, 6) is 0.148. The molecule has 0 aromatic heterocycles. The van der Waals surface area contributed by atoms with E-state index in [-0.39, 0.29) is 11.8 Å². The Kier molecular flexibility index (Phi) is 6.04. The molecule has 1 aliphatic heterocycles. The van der Waals surface area contributed by atoms with Gasteiger partial charge >= 0.3 is 0 Å². The van der Waals surface area contributed by atoms with Crippen LogP contribution in [0.4, 0.5) is 0 Å². The van der Waals surface area contributed by atoms with Gasteiger partial charge in [-0.3, -0.25) is 9.69 Å². The first kappa shape index (κ1) is 20.1. The Balaban J connectivity index is 1.89. The van der Waals surface area contributed by atoms with E-state index in [2.05, 4.69) is 60.6 Å². The van der Waals surface area contributed by atoms with Crippen LogP contribution in [0.5, 0.6) is 0 Å². The molecular formula is C25H27NO2S. The van der Waals surface area contributed by atoms with Crippen LogP contribution in [0.1, 0.15) is 22.8 Å². The lowest BCUT2D eigenvalue weighted by Gasteiger charge is -2.47. The van der Waals surface area contributed by atoms with Crippen LogP contribution in [0.25, 0.3) is 0 Å². The first-order chi connectivity index (χ1) is 14.2.